The van der Waals surface area contributed by atoms with Crippen molar-refractivity contribution in [3.63, 3.8) is 0 Å². The van der Waals surface area contributed by atoms with E-state index in [2.05, 4.69) is 28.1 Å². The first-order valence-electron chi connectivity index (χ1n) is 4.64. The first-order valence-corrected chi connectivity index (χ1v) is 5.52. The number of thiazole rings is 1. The van der Waals surface area contributed by atoms with Crippen LogP contribution in [0, 0.1) is 0 Å². The van der Waals surface area contributed by atoms with Crippen LogP contribution in [-0.2, 0) is 6.54 Å². The van der Waals surface area contributed by atoms with Crippen LogP contribution in [0.3, 0.4) is 0 Å². The smallest absolute Gasteiger partial charge is 0.189 e. The monoisotopic (exact) mass is 204 g/mol. The summed E-state index contributed by atoms with van der Waals surface area (Å²) in [4.78, 5) is 5.61. The van der Waals surface area contributed by atoms with Gasteiger partial charge in [0.15, 0.2) is 4.80 Å². The molecule has 2 aromatic rings. The number of aryl methyl sites for hydroxylation is 1. The van der Waals surface area contributed by atoms with Crippen molar-refractivity contribution in [3.8, 4) is 0 Å². The minimum Gasteiger partial charge on any atom is -0.324 e. The minimum absolute atomic E-state index is 0.967. The molecule has 0 saturated carbocycles. The molecule has 0 saturated heterocycles. The van der Waals surface area contributed by atoms with E-state index in [1.165, 1.54) is 0 Å². The van der Waals surface area contributed by atoms with Gasteiger partial charge in [-0.15, -0.1) is 11.3 Å². The number of hydrogen-bond acceptors (Lipinski definition) is 2. The first kappa shape index (κ1) is 9.21. The van der Waals surface area contributed by atoms with Crippen molar-refractivity contribution in [1.82, 2.24) is 4.57 Å². The van der Waals surface area contributed by atoms with Gasteiger partial charge in [0.1, 0.15) is 0 Å². The van der Waals surface area contributed by atoms with Crippen LogP contribution in [0.25, 0.3) is 0 Å². The molecule has 0 N–H and O–H groups in total. The Kier molecular flexibility index (Phi) is 2.79. The topological polar surface area (TPSA) is 17.3 Å². The maximum Gasteiger partial charge on any atom is 0.189 e. The van der Waals surface area contributed by atoms with Gasteiger partial charge in [-0.3, -0.25) is 0 Å². The highest BCUT2D eigenvalue weighted by molar-refractivity contribution is 7.07. The van der Waals surface area contributed by atoms with Crippen molar-refractivity contribution >= 4 is 17.0 Å². The summed E-state index contributed by atoms with van der Waals surface area (Å²) in [6.07, 6.45) is 2.06. The fourth-order valence-electron chi connectivity index (χ4n) is 1.24. The van der Waals surface area contributed by atoms with Crippen LogP contribution in [0.2, 0.25) is 0 Å². The van der Waals surface area contributed by atoms with Gasteiger partial charge < -0.3 is 4.57 Å². The van der Waals surface area contributed by atoms with E-state index in [1.807, 2.05) is 30.3 Å². The van der Waals surface area contributed by atoms with E-state index in [0.29, 0.717) is 0 Å². The molecule has 0 amide bonds. The number of aromatic nitrogens is 1. The van der Waals surface area contributed by atoms with Gasteiger partial charge >= 0.3 is 0 Å². The van der Waals surface area contributed by atoms with Crippen molar-refractivity contribution in [2.45, 2.75) is 13.5 Å². The highest BCUT2D eigenvalue weighted by Gasteiger charge is 1.91. The highest BCUT2D eigenvalue weighted by atomic mass is 32.1. The summed E-state index contributed by atoms with van der Waals surface area (Å²) in [7, 11) is 0. The van der Waals surface area contributed by atoms with E-state index in [0.717, 1.165) is 17.0 Å². The molecule has 0 radical (unpaired) electrons. The lowest BCUT2D eigenvalue weighted by Crippen LogP contribution is -2.11. The van der Waals surface area contributed by atoms with Crippen molar-refractivity contribution in [3.05, 3.63) is 46.7 Å². The number of hydrogen-bond donors (Lipinski definition) is 0. The third-order valence-electron chi connectivity index (χ3n) is 1.98. The fourth-order valence-corrected chi connectivity index (χ4v) is 2.05. The second-order valence-corrected chi connectivity index (χ2v) is 3.79. The summed E-state index contributed by atoms with van der Waals surface area (Å²) in [5, 5.41) is 2.06. The van der Waals surface area contributed by atoms with E-state index in [1.54, 1.807) is 11.3 Å². The second kappa shape index (κ2) is 4.24. The molecule has 1 aromatic carbocycles. The Balaban J connectivity index is 2.44. The zero-order chi connectivity index (χ0) is 9.80. The first-order chi connectivity index (χ1) is 6.90. The molecule has 3 heteroatoms. The van der Waals surface area contributed by atoms with E-state index < -0.39 is 0 Å². The molecule has 0 aliphatic heterocycles. The van der Waals surface area contributed by atoms with Gasteiger partial charge in [-0.2, -0.15) is 0 Å². The fraction of sp³-hybridized carbons (Fsp3) is 0.182. The third-order valence-corrected chi connectivity index (χ3v) is 2.78. The van der Waals surface area contributed by atoms with Crippen molar-refractivity contribution in [2.75, 3.05) is 0 Å². The molecular weight excluding hydrogens is 192 g/mol. The molecular formula is C11H12N2S. The molecule has 0 atom stereocenters. The molecule has 0 aliphatic carbocycles. The van der Waals surface area contributed by atoms with Crippen LogP contribution in [0.15, 0.2) is 46.9 Å². The van der Waals surface area contributed by atoms with Gasteiger partial charge in [-0.25, -0.2) is 4.99 Å². The predicted molar refractivity (Wildman–Crippen MR) is 59.6 cm³/mol. The van der Waals surface area contributed by atoms with Crippen LogP contribution in [0.5, 0.6) is 0 Å². The molecule has 0 aliphatic rings. The molecule has 14 heavy (non-hydrogen) atoms. The number of rotatable bonds is 2. The van der Waals surface area contributed by atoms with Gasteiger partial charge in [-0.1, -0.05) is 18.2 Å². The van der Waals surface area contributed by atoms with Gasteiger partial charge in [0.05, 0.1) is 5.69 Å². The lowest BCUT2D eigenvalue weighted by atomic mass is 10.3. The van der Waals surface area contributed by atoms with Gasteiger partial charge in [0.2, 0.25) is 0 Å². The standard InChI is InChI=1S/C11H12N2S/c1-2-13-8-9-14-11(13)12-10-6-4-3-5-7-10/h3-9H,2H2,1H3. The van der Waals surface area contributed by atoms with Crippen LogP contribution in [0.1, 0.15) is 6.92 Å². The maximum absolute atomic E-state index is 4.55. The molecule has 72 valence electrons. The Morgan fingerprint density at radius 2 is 2.07 bits per heavy atom. The molecule has 1 heterocycles. The largest absolute Gasteiger partial charge is 0.324 e. The quantitative estimate of drug-likeness (QED) is 0.715. The van der Waals surface area contributed by atoms with Gasteiger partial charge in [-0.05, 0) is 19.1 Å². The minimum atomic E-state index is 0.967. The molecule has 0 spiro atoms. The van der Waals surface area contributed by atoms with Crippen LogP contribution in [0.4, 0.5) is 5.69 Å². The van der Waals surface area contributed by atoms with Crippen molar-refractivity contribution < 1.29 is 0 Å². The van der Waals surface area contributed by atoms with E-state index in [4.69, 9.17) is 0 Å². The average molecular weight is 204 g/mol. The van der Waals surface area contributed by atoms with Crippen molar-refractivity contribution in [2.24, 2.45) is 4.99 Å². The maximum atomic E-state index is 4.55. The van der Waals surface area contributed by atoms with E-state index in [9.17, 15) is 0 Å². The van der Waals surface area contributed by atoms with Gasteiger partial charge in [0.25, 0.3) is 0 Å². The van der Waals surface area contributed by atoms with Crippen LogP contribution in [-0.4, -0.2) is 4.57 Å². The Morgan fingerprint density at radius 3 is 2.79 bits per heavy atom. The van der Waals surface area contributed by atoms with E-state index in [-0.39, 0.29) is 0 Å². The summed E-state index contributed by atoms with van der Waals surface area (Å²) in [6, 6.07) is 10.0. The second-order valence-electron chi connectivity index (χ2n) is 2.92. The van der Waals surface area contributed by atoms with Crippen molar-refractivity contribution in [1.29, 1.82) is 0 Å². The van der Waals surface area contributed by atoms with Crippen LogP contribution < -0.4 is 4.80 Å². The summed E-state index contributed by atoms with van der Waals surface area (Å²) in [5.74, 6) is 0. The number of para-hydroxylation sites is 1. The normalized spacial score (nSPS) is 11.9. The molecule has 0 fully saturated rings. The SMILES string of the molecule is CCn1ccsc1=Nc1ccccc1. The Labute approximate surface area is 87.2 Å². The third kappa shape index (κ3) is 1.93. The Bertz CT molecular complexity index is 453. The van der Waals surface area contributed by atoms with Gasteiger partial charge in [0, 0.05) is 18.1 Å². The molecule has 0 bridgehead atoms. The Hall–Kier alpha value is -1.35. The molecule has 0 unspecified atom stereocenters. The lowest BCUT2D eigenvalue weighted by molar-refractivity contribution is 0.737. The lowest BCUT2D eigenvalue weighted by Gasteiger charge is -1.95. The summed E-state index contributed by atoms with van der Waals surface area (Å²) in [5.41, 5.74) is 1.01. The van der Waals surface area contributed by atoms with Crippen LogP contribution >= 0.6 is 11.3 Å². The summed E-state index contributed by atoms with van der Waals surface area (Å²) < 4.78 is 2.14. The van der Waals surface area contributed by atoms with E-state index >= 15 is 0 Å². The Morgan fingerprint density at radius 1 is 1.29 bits per heavy atom. The average Bonchev–Trinajstić information content (AvgIpc) is 2.67. The highest BCUT2D eigenvalue weighted by Crippen LogP contribution is 2.08. The number of benzene rings is 1. The zero-order valence-electron chi connectivity index (χ0n) is 8.05. The molecule has 2 rings (SSSR count). The molecule has 2 nitrogen and oxygen atoms in total. The zero-order valence-corrected chi connectivity index (χ0v) is 8.87. The number of nitrogens with zero attached hydrogens (tertiary/aromatic N) is 2. The predicted octanol–water partition coefficient (Wildman–Crippen LogP) is 2.80. The molecule has 1 aromatic heterocycles. The summed E-state index contributed by atoms with van der Waals surface area (Å²) in [6.45, 7) is 3.09. The summed E-state index contributed by atoms with van der Waals surface area (Å²) >= 11 is 1.67.